The van der Waals surface area contributed by atoms with Crippen LogP contribution >= 0.6 is 0 Å². The Morgan fingerprint density at radius 2 is 1.88 bits per heavy atom. The lowest BCUT2D eigenvalue weighted by Gasteiger charge is -2.33. The van der Waals surface area contributed by atoms with Crippen LogP contribution < -0.4 is 10.9 Å². The summed E-state index contributed by atoms with van der Waals surface area (Å²) in [5, 5.41) is 3.17. The highest BCUT2D eigenvalue weighted by Crippen LogP contribution is 2.21. The minimum absolute atomic E-state index is 0.0772. The SMILES string of the molecule is Cn1ccc(C(=O)N2CCC[C@@H](C(=O)NC3CCCCC3)C2)cc1=O. The highest BCUT2D eigenvalue weighted by molar-refractivity contribution is 5.94. The second-order valence-corrected chi connectivity index (χ2v) is 7.30. The molecule has 6 nitrogen and oxygen atoms in total. The van der Waals surface area contributed by atoms with E-state index in [-0.39, 0.29) is 23.3 Å². The maximum absolute atomic E-state index is 12.7. The molecule has 1 saturated carbocycles. The summed E-state index contributed by atoms with van der Waals surface area (Å²) >= 11 is 0. The van der Waals surface area contributed by atoms with Crippen molar-refractivity contribution in [2.75, 3.05) is 13.1 Å². The summed E-state index contributed by atoms with van der Waals surface area (Å²) in [6.45, 7) is 1.08. The predicted molar refractivity (Wildman–Crippen MR) is 95.3 cm³/mol. The lowest BCUT2D eigenvalue weighted by atomic mass is 9.93. The summed E-state index contributed by atoms with van der Waals surface area (Å²) in [6, 6.07) is 3.33. The largest absolute Gasteiger partial charge is 0.353 e. The van der Waals surface area contributed by atoms with Gasteiger partial charge in [-0.25, -0.2) is 0 Å². The van der Waals surface area contributed by atoms with Gasteiger partial charge in [-0.2, -0.15) is 0 Å². The third-order valence-electron chi connectivity index (χ3n) is 5.38. The fourth-order valence-corrected chi connectivity index (χ4v) is 3.81. The van der Waals surface area contributed by atoms with Crippen LogP contribution in [0.4, 0.5) is 0 Å². The zero-order valence-electron chi connectivity index (χ0n) is 14.9. The number of aryl methyl sites for hydroxylation is 1. The highest BCUT2D eigenvalue weighted by atomic mass is 16.2. The van der Waals surface area contributed by atoms with Crippen molar-refractivity contribution in [2.24, 2.45) is 13.0 Å². The van der Waals surface area contributed by atoms with E-state index in [1.807, 2.05) is 0 Å². The van der Waals surface area contributed by atoms with Gasteiger partial charge in [-0.15, -0.1) is 0 Å². The van der Waals surface area contributed by atoms with Crippen LogP contribution in [-0.4, -0.2) is 40.4 Å². The van der Waals surface area contributed by atoms with Crippen LogP contribution in [0.3, 0.4) is 0 Å². The first-order valence-corrected chi connectivity index (χ1v) is 9.31. The third kappa shape index (κ3) is 4.30. The standard InChI is InChI=1S/C19H27N3O3/c1-21-11-9-14(12-17(21)23)19(25)22-10-5-6-15(13-22)18(24)20-16-7-3-2-4-8-16/h9,11-12,15-16H,2-8,10,13H2,1H3,(H,20,24)/t15-/m1/s1. The number of aromatic nitrogens is 1. The fourth-order valence-electron chi connectivity index (χ4n) is 3.81. The lowest BCUT2D eigenvalue weighted by molar-refractivity contribution is -0.127. The highest BCUT2D eigenvalue weighted by Gasteiger charge is 2.30. The predicted octanol–water partition coefficient (Wildman–Crippen LogP) is 1.69. The second kappa shape index (κ2) is 7.85. The topological polar surface area (TPSA) is 71.4 Å². The van der Waals surface area contributed by atoms with E-state index < -0.39 is 0 Å². The van der Waals surface area contributed by atoms with Crippen LogP contribution in [0.15, 0.2) is 23.1 Å². The first-order valence-electron chi connectivity index (χ1n) is 9.31. The van der Waals surface area contributed by atoms with E-state index in [1.165, 1.54) is 29.9 Å². The number of hydrogen-bond acceptors (Lipinski definition) is 3. The third-order valence-corrected chi connectivity index (χ3v) is 5.38. The molecule has 6 heteroatoms. The summed E-state index contributed by atoms with van der Waals surface area (Å²) in [5.74, 6) is -0.229. The van der Waals surface area contributed by atoms with Crippen molar-refractivity contribution in [3.05, 3.63) is 34.2 Å². The number of nitrogens with zero attached hydrogens (tertiary/aromatic N) is 2. The van der Waals surface area contributed by atoms with Crippen LogP contribution in [-0.2, 0) is 11.8 Å². The molecule has 1 saturated heterocycles. The van der Waals surface area contributed by atoms with E-state index in [2.05, 4.69) is 5.32 Å². The molecular weight excluding hydrogens is 318 g/mol. The van der Waals surface area contributed by atoms with E-state index in [4.69, 9.17) is 0 Å². The Labute approximate surface area is 148 Å². The molecule has 2 amide bonds. The van der Waals surface area contributed by atoms with Crippen molar-refractivity contribution >= 4 is 11.8 Å². The number of carbonyl (C=O) groups is 2. The van der Waals surface area contributed by atoms with E-state index >= 15 is 0 Å². The van der Waals surface area contributed by atoms with Crippen molar-refractivity contribution < 1.29 is 9.59 Å². The number of pyridine rings is 1. The number of piperidine rings is 1. The van der Waals surface area contributed by atoms with Gasteiger partial charge < -0.3 is 14.8 Å². The first kappa shape index (κ1) is 17.7. The summed E-state index contributed by atoms with van der Waals surface area (Å²) < 4.78 is 1.44. The molecule has 0 unspecified atom stereocenters. The fraction of sp³-hybridized carbons (Fsp3) is 0.632. The van der Waals surface area contributed by atoms with Crippen LogP contribution in [0.25, 0.3) is 0 Å². The van der Waals surface area contributed by atoms with Crippen LogP contribution in [0.2, 0.25) is 0 Å². The van der Waals surface area contributed by atoms with Gasteiger partial charge in [-0.1, -0.05) is 19.3 Å². The van der Waals surface area contributed by atoms with Gasteiger partial charge in [-0.05, 0) is 31.7 Å². The van der Waals surface area contributed by atoms with Crippen molar-refractivity contribution in [3.8, 4) is 0 Å². The van der Waals surface area contributed by atoms with E-state index in [9.17, 15) is 14.4 Å². The smallest absolute Gasteiger partial charge is 0.254 e. The molecule has 136 valence electrons. The van der Waals surface area contributed by atoms with Crippen LogP contribution in [0.1, 0.15) is 55.3 Å². The molecule has 1 aromatic rings. The first-order chi connectivity index (χ1) is 12.0. The summed E-state index contributed by atoms with van der Waals surface area (Å²) in [6.07, 6.45) is 8.99. The van der Waals surface area contributed by atoms with E-state index in [0.717, 1.165) is 25.7 Å². The Bertz CT molecular complexity index is 691. The normalized spacial score (nSPS) is 21.8. The monoisotopic (exact) mass is 345 g/mol. The van der Waals surface area contributed by atoms with Gasteiger partial charge >= 0.3 is 0 Å². The van der Waals surface area contributed by atoms with Gasteiger partial charge in [0.1, 0.15) is 0 Å². The molecule has 2 heterocycles. The number of nitrogens with one attached hydrogen (secondary N) is 1. The van der Waals surface area contributed by atoms with Gasteiger partial charge in [0.25, 0.3) is 11.5 Å². The molecule has 2 fully saturated rings. The van der Waals surface area contributed by atoms with Crippen LogP contribution in [0.5, 0.6) is 0 Å². The van der Waals surface area contributed by atoms with E-state index in [1.54, 1.807) is 24.2 Å². The molecule has 1 aliphatic heterocycles. The Morgan fingerprint density at radius 1 is 1.12 bits per heavy atom. The number of likely N-dealkylation sites (tertiary alicyclic amines) is 1. The van der Waals surface area contributed by atoms with Gasteiger partial charge in [-0.3, -0.25) is 14.4 Å². The van der Waals surface area contributed by atoms with E-state index in [0.29, 0.717) is 24.7 Å². The molecule has 1 aliphatic carbocycles. The quantitative estimate of drug-likeness (QED) is 0.906. The summed E-state index contributed by atoms with van der Waals surface area (Å²) in [4.78, 5) is 38.7. The maximum atomic E-state index is 12.7. The lowest BCUT2D eigenvalue weighted by Crippen LogP contribution is -2.48. The van der Waals surface area contributed by atoms with Crippen molar-refractivity contribution in [1.29, 1.82) is 0 Å². The molecule has 1 aromatic heterocycles. The van der Waals surface area contributed by atoms with Gasteiger partial charge in [0.2, 0.25) is 5.91 Å². The van der Waals surface area contributed by atoms with Crippen LogP contribution in [0, 0.1) is 5.92 Å². The molecule has 0 bridgehead atoms. The molecule has 25 heavy (non-hydrogen) atoms. The molecule has 1 N–H and O–H groups in total. The second-order valence-electron chi connectivity index (χ2n) is 7.30. The molecule has 0 aromatic carbocycles. The van der Waals surface area contributed by atoms with Gasteiger partial charge in [0.05, 0.1) is 5.92 Å². The van der Waals surface area contributed by atoms with Crippen molar-refractivity contribution in [3.63, 3.8) is 0 Å². The molecule has 3 rings (SSSR count). The summed E-state index contributed by atoms with van der Waals surface area (Å²) in [5.41, 5.74) is 0.200. The molecule has 0 spiro atoms. The number of hydrogen-bond donors (Lipinski definition) is 1. The Hall–Kier alpha value is -2.11. The van der Waals surface area contributed by atoms with Crippen molar-refractivity contribution in [1.82, 2.24) is 14.8 Å². The average Bonchev–Trinajstić information content (AvgIpc) is 2.64. The average molecular weight is 345 g/mol. The minimum Gasteiger partial charge on any atom is -0.353 e. The van der Waals surface area contributed by atoms with Gasteiger partial charge in [0, 0.05) is 44.0 Å². The summed E-state index contributed by atoms with van der Waals surface area (Å²) in [7, 11) is 1.66. The zero-order chi connectivity index (χ0) is 17.8. The Balaban J connectivity index is 1.61. The minimum atomic E-state index is -0.200. The van der Waals surface area contributed by atoms with Crippen molar-refractivity contribution in [2.45, 2.75) is 51.0 Å². The Morgan fingerprint density at radius 3 is 2.60 bits per heavy atom. The molecule has 2 aliphatic rings. The Kier molecular flexibility index (Phi) is 5.56. The molecule has 1 atom stereocenters. The van der Waals surface area contributed by atoms with Gasteiger partial charge in [0.15, 0.2) is 0 Å². The number of carbonyl (C=O) groups excluding carboxylic acids is 2. The zero-order valence-corrected chi connectivity index (χ0v) is 14.9. The maximum Gasteiger partial charge on any atom is 0.254 e. The molecule has 0 radical (unpaired) electrons. The number of amides is 2. The number of rotatable bonds is 3. The molecular formula is C19H27N3O3.